The largest absolute Gasteiger partial charge is 0.480 e. The molecule has 3 heteroatoms. The summed E-state index contributed by atoms with van der Waals surface area (Å²) in [5, 5.41) is 9.48. The van der Waals surface area contributed by atoms with Crippen LogP contribution in [0.1, 0.15) is 16.7 Å². The van der Waals surface area contributed by atoms with Crippen molar-refractivity contribution in [2.45, 2.75) is 18.9 Å². The lowest BCUT2D eigenvalue weighted by Crippen LogP contribution is -2.46. The average molecular weight is 255 g/mol. The molecule has 0 aliphatic carbocycles. The SMILES string of the molecule is Cc1ccc(C[C@](N)(C(=O)O)c2ccccc2)cc1. The topological polar surface area (TPSA) is 63.3 Å². The van der Waals surface area contributed by atoms with Crippen LogP contribution in [-0.2, 0) is 16.8 Å². The van der Waals surface area contributed by atoms with E-state index in [-0.39, 0.29) is 6.42 Å². The van der Waals surface area contributed by atoms with Crippen molar-refractivity contribution in [3.8, 4) is 0 Å². The maximum Gasteiger partial charge on any atom is 0.328 e. The zero-order valence-corrected chi connectivity index (χ0v) is 10.8. The lowest BCUT2D eigenvalue weighted by atomic mass is 9.84. The highest BCUT2D eigenvalue weighted by molar-refractivity contribution is 5.81. The van der Waals surface area contributed by atoms with Crippen LogP contribution >= 0.6 is 0 Å². The molecule has 0 bridgehead atoms. The highest BCUT2D eigenvalue weighted by Crippen LogP contribution is 2.23. The van der Waals surface area contributed by atoms with Crippen molar-refractivity contribution in [1.82, 2.24) is 0 Å². The molecular formula is C16H17NO2. The minimum atomic E-state index is -1.39. The number of rotatable bonds is 4. The quantitative estimate of drug-likeness (QED) is 0.882. The Hall–Kier alpha value is -2.13. The van der Waals surface area contributed by atoms with E-state index in [0.717, 1.165) is 11.1 Å². The van der Waals surface area contributed by atoms with E-state index in [0.29, 0.717) is 5.56 Å². The van der Waals surface area contributed by atoms with Crippen molar-refractivity contribution >= 4 is 5.97 Å². The highest BCUT2D eigenvalue weighted by Gasteiger charge is 2.35. The van der Waals surface area contributed by atoms with Gasteiger partial charge in [-0.25, -0.2) is 4.79 Å². The highest BCUT2D eigenvalue weighted by atomic mass is 16.4. The van der Waals surface area contributed by atoms with Gasteiger partial charge in [-0.3, -0.25) is 0 Å². The van der Waals surface area contributed by atoms with E-state index in [1.165, 1.54) is 0 Å². The monoisotopic (exact) mass is 255 g/mol. The van der Waals surface area contributed by atoms with E-state index in [1.807, 2.05) is 37.3 Å². The number of carboxylic acid groups (broad SMARTS) is 1. The Morgan fingerprint density at radius 3 is 2.21 bits per heavy atom. The number of benzene rings is 2. The fourth-order valence-corrected chi connectivity index (χ4v) is 2.06. The maximum absolute atomic E-state index is 11.6. The molecule has 3 nitrogen and oxygen atoms in total. The van der Waals surface area contributed by atoms with Crippen molar-refractivity contribution in [1.29, 1.82) is 0 Å². The van der Waals surface area contributed by atoms with Gasteiger partial charge in [-0.2, -0.15) is 0 Å². The molecule has 0 radical (unpaired) electrons. The molecule has 0 saturated heterocycles. The second-order valence-corrected chi connectivity index (χ2v) is 4.80. The molecule has 0 unspecified atom stereocenters. The Morgan fingerprint density at radius 2 is 1.68 bits per heavy atom. The van der Waals surface area contributed by atoms with E-state index >= 15 is 0 Å². The van der Waals surface area contributed by atoms with Gasteiger partial charge in [-0.1, -0.05) is 60.2 Å². The average Bonchev–Trinajstić information content (AvgIpc) is 2.42. The number of hydrogen-bond acceptors (Lipinski definition) is 2. The first-order valence-corrected chi connectivity index (χ1v) is 6.16. The van der Waals surface area contributed by atoms with Crippen LogP contribution in [0.3, 0.4) is 0 Å². The molecule has 0 spiro atoms. The third-order valence-corrected chi connectivity index (χ3v) is 3.27. The van der Waals surface area contributed by atoms with Gasteiger partial charge < -0.3 is 10.8 Å². The van der Waals surface area contributed by atoms with Crippen molar-refractivity contribution in [3.05, 3.63) is 71.3 Å². The summed E-state index contributed by atoms with van der Waals surface area (Å²) in [6.07, 6.45) is 0.270. The maximum atomic E-state index is 11.6. The predicted molar refractivity (Wildman–Crippen MR) is 74.8 cm³/mol. The summed E-state index contributed by atoms with van der Waals surface area (Å²) in [4.78, 5) is 11.6. The molecule has 0 heterocycles. The molecule has 0 aromatic heterocycles. The number of aryl methyl sites for hydroxylation is 1. The molecular weight excluding hydrogens is 238 g/mol. The first-order valence-electron chi connectivity index (χ1n) is 6.16. The molecule has 2 rings (SSSR count). The van der Waals surface area contributed by atoms with Gasteiger partial charge in [0, 0.05) is 6.42 Å². The van der Waals surface area contributed by atoms with Gasteiger partial charge in [0.2, 0.25) is 0 Å². The van der Waals surface area contributed by atoms with Crippen LogP contribution < -0.4 is 5.73 Å². The molecule has 3 N–H and O–H groups in total. The summed E-state index contributed by atoms with van der Waals surface area (Å²) in [6, 6.07) is 16.7. The predicted octanol–water partition coefficient (Wildman–Crippen LogP) is 2.48. The minimum Gasteiger partial charge on any atom is -0.480 e. The van der Waals surface area contributed by atoms with E-state index in [4.69, 9.17) is 5.73 Å². The molecule has 2 aromatic rings. The van der Waals surface area contributed by atoms with Crippen molar-refractivity contribution in [3.63, 3.8) is 0 Å². The van der Waals surface area contributed by atoms with Crippen LogP contribution in [0, 0.1) is 6.92 Å². The standard InChI is InChI=1S/C16H17NO2/c1-12-7-9-13(10-8-12)11-16(17,15(18)19)14-5-3-2-4-6-14/h2-10H,11,17H2,1H3,(H,18,19)/t16-/m1/s1. The van der Waals surface area contributed by atoms with Gasteiger partial charge in [0.05, 0.1) is 0 Å². The fourth-order valence-electron chi connectivity index (χ4n) is 2.06. The molecule has 0 aliphatic heterocycles. The van der Waals surface area contributed by atoms with Crippen LogP contribution in [0.2, 0.25) is 0 Å². The van der Waals surface area contributed by atoms with Crippen molar-refractivity contribution in [2.75, 3.05) is 0 Å². The van der Waals surface area contributed by atoms with E-state index in [1.54, 1.807) is 24.3 Å². The first kappa shape index (κ1) is 13.3. The molecule has 0 saturated carbocycles. The summed E-state index contributed by atoms with van der Waals surface area (Å²) < 4.78 is 0. The second-order valence-electron chi connectivity index (χ2n) is 4.80. The zero-order chi connectivity index (χ0) is 13.9. The summed E-state index contributed by atoms with van der Waals surface area (Å²) in [5.41, 5.74) is 7.41. The minimum absolute atomic E-state index is 0.270. The zero-order valence-electron chi connectivity index (χ0n) is 10.8. The van der Waals surface area contributed by atoms with Gasteiger partial charge in [-0.05, 0) is 18.1 Å². The Labute approximate surface area is 112 Å². The number of nitrogens with two attached hydrogens (primary N) is 1. The Kier molecular flexibility index (Phi) is 3.67. The van der Waals surface area contributed by atoms with E-state index in [9.17, 15) is 9.90 Å². The van der Waals surface area contributed by atoms with E-state index < -0.39 is 11.5 Å². The molecule has 98 valence electrons. The molecule has 19 heavy (non-hydrogen) atoms. The van der Waals surface area contributed by atoms with Gasteiger partial charge in [0.25, 0.3) is 0 Å². The summed E-state index contributed by atoms with van der Waals surface area (Å²) in [6.45, 7) is 1.99. The summed E-state index contributed by atoms with van der Waals surface area (Å²) in [7, 11) is 0. The Bertz CT molecular complexity index is 563. The van der Waals surface area contributed by atoms with Gasteiger partial charge >= 0.3 is 5.97 Å². The molecule has 0 fully saturated rings. The molecule has 0 aliphatic rings. The summed E-state index contributed by atoms with van der Waals surface area (Å²) >= 11 is 0. The summed E-state index contributed by atoms with van der Waals surface area (Å²) in [5.74, 6) is -1.01. The van der Waals surface area contributed by atoms with Gasteiger partial charge in [-0.15, -0.1) is 0 Å². The van der Waals surface area contributed by atoms with E-state index in [2.05, 4.69) is 0 Å². The van der Waals surface area contributed by atoms with Gasteiger partial charge in [0.1, 0.15) is 5.54 Å². The fraction of sp³-hybridized carbons (Fsp3) is 0.188. The normalized spacial score (nSPS) is 13.8. The smallest absolute Gasteiger partial charge is 0.328 e. The van der Waals surface area contributed by atoms with Crippen LogP contribution in [0.25, 0.3) is 0 Å². The number of carbonyl (C=O) groups is 1. The molecule has 1 atom stereocenters. The number of hydrogen-bond donors (Lipinski definition) is 2. The number of carboxylic acids is 1. The van der Waals surface area contributed by atoms with Crippen molar-refractivity contribution in [2.24, 2.45) is 5.73 Å². The van der Waals surface area contributed by atoms with Crippen molar-refractivity contribution < 1.29 is 9.90 Å². The molecule has 2 aromatic carbocycles. The van der Waals surface area contributed by atoms with Crippen LogP contribution in [-0.4, -0.2) is 11.1 Å². The van der Waals surface area contributed by atoms with Crippen LogP contribution in [0.4, 0.5) is 0 Å². The second kappa shape index (κ2) is 5.24. The van der Waals surface area contributed by atoms with Gasteiger partial charge in [0.15, 0.2) is 0 Å². The third-order valence-electron chi connectivity index (χ3n) is 3.27. The molecule has 0 amide bonds. The first-order chi connectivity index (χ1) is 9.02. The Balaban J connectivity index is 2.36. The van der Waals surface area contributed by atoms with Crippen LogP contribution in [0.5, 0.6) is 0 Å². The Morgan fingerprint density at radius 1 is 1.11 bits per heavy atom. The lowest BCUT2D eigenvalue weighted by molar-refractivity contribution is -0.143. The van der Waals surface area contributed by atoms with Crippen LogP contribution in [0.15, 0.2) is 54.6 Å². The third kappa shape index (κ3) is 2.83. The lowest BCUT2D eigenvalue weighted by Gasteiger charge is -2.25. The number of aliphatic carboxylic acids is 1.